The van der Waals surface area contributed by atoms with E-state index in [0.29, 0.717) is 24.4 Å². The molecule has 2 aliphatic rings. The third-order valence-electron chi connectivity index (χ3n) is 5.36. The zero-order chi connectivity index (χ0) is 15.7. The Bertz CT molecular complexity index is 524. The normalized spacial score (nSPS) is 27.2. The summed E-state index contributed by atoms with van der Waals surface area (Å²) in [5, 5.41) is 3.62. The van der Waals surface area contributed by atoms with Crippen LogP contribution in [0.5, 0.6) is 0 Å². The number of amides is 1. The molecule has 1 aromatic rings. The van der Waals surface area contributed by atoms with Gasteiger partial charge in [-0.15, -0.1) is 12.4 Å². The number of carbonyl (C=O) groups excluding carboxylic acids is 1. The number of hydrogen-bond donors (Lipinski definition) is 1. The molecule has 23 heavy (non-hydrogen) atoms. The Hall–Kier alpha value is -1.13. The first-order valence-electron chi connectivity index (χ1n) is 8.30. The van der Waals surface area contributed by atoms with Crippen molar-refractivity contribution in [1.82, 2.24) is 10.2 Å². The number of hydrogen-bond acceptors (Lipinski definition) is 2. The van der Waals surface area contributed by atoms with E-state index in [0.717, 1.165) is 18.4 Å². The van der Waals surface area contributed by atoms with Gasteiger partial charge in [-0.25, -0.2) is 4.39 Å². The van der Waals surface area contributed by atoms with Crippen LogP contribution in [0.2, 0.25) is 0 Å². The summed E-state index contributed by atoms with van der Waals surface area (Å²) in [6.45, 7) is 2.00. The van der Waals surface area contributed by atoms with Gasteiger partial charge < -0.3 is 10.2 Å². The number of carbonyl (C=O) groups is 1. The van der Waals surface area contributed by atoms with Gasteiger partial charge in [0.1, 0.15) is 5.82 Å². The number of piperidine rings is 1. The van der Waals surface area contributed by atoms with Crippen molar-refractivity contribution in [3.63, 3.8) is 0 Å². The van der Waals surface area contributed by atoms with Gasteiger partial charge in [-0.3, -0.25) is 4.79 Å². The minimum absolute atomic E-state index is 0. The second-order valence-electron chi connectivity index (χ2n) is 6.91. The highest BCUT2D eigenvalue weighted by molar-refractivity contribution is 5.85. The molecule has 0 saturated carbocycles. The van der Waals surface area contributed by atoms with E-state index in [-0.39, 0.29) is 30.2 Å². The van der Waals surface area contributed by atoms with Crippen molar-refractivity contribution in [1.29, 1.82) is 0 Å². The molecule has 2 bridgehead atoms. The van der Waals surface area contributed by atoms with Gasteiger partial charge in [-0.05, 0) is 56.2 Å². The molecular weight excluding hydrogens is 315 g/mol. The first kappa shape index (κ1) is 18.2. The van der Waals surface area contributed by atoms with Gasteiger partial charge in [0, 0.05) is 25.6 Å². The van der Waals surface area contributed by atoms with E-state index in [1.165, 1.54) is 25.0 Å². The summed E-state index contributed by atoms with van der Waals surface area (Å²) in [5.74, 6) is 0.465. The molecule has 0 radical (unpaired) electrons. The molecule has 0 aromatic heterocycles. The molecule has 3 rings (SSSR count). The molecule has 1 N–H and O–H groups in total. The highest BCUT2D eigenvalue weighted by Crippen LogP contribution is 2.33. The van der Waals surface area contributed by atoms with Gasteiger partial charge in [0.2, 0.25) is 5.91 Å². The van der Waals surface area contributed by atoms with Crippen molar-refractivity contribution < 1.29 is 9.18 Å². The van der Waals surface area contributed by atoms with E-state index < -0.39 is 0 Å². The second-order valence-corrected chi connectivity index (χ2v) is 6.91. The summed E-state index contributed by atoms with van der Waals surface area (Å²) in [6.07, 6.45) is 5.41. The molecular formula is C18H26ClFN2O. The lowest BCUT2D eigenvalue weighted by molar-refractivity contribution is -0.133. The third kappa shape index (κ3) is 4.24. The number of halogens is 2. The van der Waals surface area contributed by atoms with Crippen molar-refractivity contribution in [3.8, 4) is 0 Å². The van der Waals surface area contributed by atoms with Crippen LogP contribution in [-0.2, 0) is 4.79 Å². The van der Waals surface area contributed by atoms with Gasteiger partial charge in [0.25, 0.3) is 0 Å². The number of rotatable bonds is 4. The molecule has 1 aromatic carbocycles. The molecule has 0 spiro atoms. The first-order chi connectivity index (χ1) is 10.5. The van der Waals surface area contributed by atoms with E-state index >= 15 is 0 Å². The Morgan fingerprint density at radius 2 is 1.83 bits per heavy atom. The Morgan fingerprint density at radius 1 is 1.26 bits per heavy atom. The topological polar surface area (TPSA) is 32.3 Å². The van der Waals surface area contributed by atoms with E-state index in [2.05, 4.69) is 5.32 Å². The van der Waals surface area contributed by atoms with E-state index in [1.54, 1.807) is 17.0 Å². The summed E-state index contributed by atoms with van der Waals surface area (Å²) in [7, 11) is 1.85. The maximum Gasteiger partial charge on any atom is 0.223 e. The van der Waals surface area contributed by atoms with E-state index in [1.807, 2.05) is 14.0 Å². The summed E-state index contributed by atoms with van der Waals surface area (Å²) < 4.78 is 13.0. The average Bonchev–Trinajstić information content (AvgIpc) is 2.85. The fourth-order valence-electron chi connectivity index (χ4n) is 3.91. The molecule has 3 unspecified atom stereocenters. The summed E-state index contributed by atoms with van der Waals surface area (Å²) in [4.78, 5) is 14.4. The smallest absolute Gasteiger partial charge is 0.223 e. The van der Waals surface area contributed by atoms with Crippen molar-refractivity contribution in [2.75, 3.05) is 7.05 Å². The van der Waals surface area contributed by atoms with Crippen LogP contribution in [0.1, 0.15) is 50.6 Å². The first-order valence-corrected chi connectivity index (χ1v) is 8.30. The standard InChI is InChI=1S/C18H25FN2O.ClH/c1-12(14-3-5-15(19)6-4-14)21(2)18(22)11-13-9-16-7-8-17(10-13)20-16;/h3-6,12-13,16-17,20H,7-11H2,1-2H3;1H. The third-order valence-corrected chi connectivity index (χ3v) is 5.36. The van der Waals surface area contributed by atoms with E-state index in [4.69, 9.17) is 0 Å². The summed E-state index contributed by atoms with van der Waals surface area (Å²) in [5.41, 5.74) is 0.975. The molecule has 2 heterocycles. The average molecular weight is 341 g/mol. The predicted molar refractivity (Wildman–Crippen MR) is 92.1 cm³/mol. The molecule has 2 saturated heterocycles. The largest absolute Gasteiger partial charge is 0.339 e. The number of fused-ring (bicyclic) bond motifs is 2. The Kier molecular flexibility index (Phi) is 6.04. The monoisotopic (exact) mass is 340 g/mol. The zero-order valence-electron chi connectivity index (χ0n) is 13.8. The van der Waals surface area contributed by atoms with Crippen LogP contribution >= 0.6 is 12.4 Å². The van der Waals surface area contributed by atoms with Crippen LogP contribution in [0.4, 0.5) is 4.39 Å². The second kappa shape index (κ2) is 7.63. The highest BCUT2D eigenvalue weighted by atomic mass is 35.5. The highest BCUT2D eigenvalue weighted by Gasteiger charge is 2.34. The molecule has 2 aliphatic heterocycles. The molecule has 0 aliphatic carbocycles. The van der Waals surface area contributed by atoms with Gasteiger partial charge in [-0.2, -0.15) is 0 Å². The number of nitrogens with zero attached hydrogens (tertiary/aromatic N) is 1. The molecule has 1 amide bonds. The SMILES string of the molecule is CC(c1ccc(F)cc1)N(C)C(=O)CC1CC2CCC(C1)N2.Cl. The fraction of sp³-hybridized carbons (Fsp3) is 0.611. The number of benzene rings is 1. The predicted octanol–water partition coefficient (Wildman–Crippen LogP) is 3.69. The van der Waals surface area contributed by atoms with Crippen LogP contribution in [0, 0.1) is 11.7 Å². The van der Waals surface area contributed by atoms with Crippen LogP contribution in [0.25, 0.3) is 0 Å². The van der Waals surface area contributed by atoms with Crippen LogP contribution < -0.4 is 5.32 Å². The summed E-state index contributed by atoms with van der Waals surface area (Å²) >= 11 is 0. The quantitative estimate of drug-likeness (QED) is 0.906. The maximum absolute atomic E-state index is 13.0. The lowest BCUT2D eigenvalue weighted by atomic mass is 9.89. The summed E-state index contributed by atoms with van der Waals surface area (Å²) in [6, 6.07) is 7.64. The Morgan fingerprint density at radius 3 is 2.39 bits per heavy atom. The van der Waals surface area contributed by atoms with Gasteiger partial charge in [0.05, 0.1) is 6.04 Å². The fourth-order valence-corrected chi connectivity index (χ4v) is 3.91. The number of nitrogens with one attached hydrogen (secondary N) is 1. The van der Waals surface area contributed by atoms with Gasteiger partial charge in [0.15, 0.2) is 0 Å². The van der Waals surface area contributed by atoms with Crippen LogP contribution in [-0.4, -0.2) is 29.9 Å². The van der Waals surface area contributed by atoms with Crippen molar-refractivity contribution >= 4 is 18.3 Å². The Balaban J connectivity index is 0.00000192. The minimum Gasteiger partial charge on any atom is -0.339 e. The van der Waals surface area contributed by atoms with Crippen molar-refractivity contribution in [2.24, 2.45) is 5.92 Å². The lowest BCUT2D eigenvalue weighted by Crippen LogP contribution is -2.40. The molecule has 2 fully saturated rings. The Labute approximate surface area is 144 Å². The van der Waals surface area contributed by atoms with Crippen molar-refractivity contribution in [3.05, 3.63) is 35.6 Å². The van der Waals surface area contributed by atoms with Crippen LogP contribution in [0.3, 0.4) is 0 Å². The molecule has 3 atom stereocenters. The molecule has 128 valence electrons. The maximum atomic E-state index is 13.0. The lowest BCUT2D eigenvalue weighted by Gasteiger charge is -2.31. The van der Waals surface area contributed by atoms with Crippen molar-refractivity contribution in [2.45, 2.75) is 57.2 Å². The molecule has 3 nitrogen and oxygen atoms in total. The van der Waals surface area contributed by atoms with Gasteiger partial charge >= 0.3 is 0 Å². The zero-order valence-corrected chi connectivity index (χ0v) is 14.6. The van der Waals surface area contributed by atoms with E-state index in [9.17, 15) is 9.18 Å². The van der Waals surface area contributed by atoms with Crippen LogP contribution in [0.15, 0.2) is 24.3 Å². The molecule has 5 heteroatoms. The van der Waals surface area contributed by atoms with Gasteiger partial charge in [-0.1, -0.05) is 12.1 Å². The minimum atomic E-state index is -0.241.